The zero-order valence-electron chi connectivity index (χ0n) is 11.1. The molecule has 2 nitrogen and oxygen atoms in total. The van der Waals surface area contributed by atoms with Crippen molar-refractivity contribution in [3.05, 3.63) is 60.2 Å². The Balaban J connectivity index is 1.59. The zero-order valence-corrected chi connectivity index (χ0v) is 11.9. The van der Waals surface area contributed by atoms with Gasteiger partial charge < -0.3 is 4.74 Å². The highest BCUT2D eigenvalue weighted by atomic mass is 32.2. The maximum Gasteiger partial charge on any atom is 0.174 e. The summed E-state index contributed by atoms with van der Waals surface area (Å²) in [6, 6.07) is 18.0. The average Bonchev–Trinajstić information content (AvgIpc) is 2.53. The molecule has 0 saturated heterocycles. The number of aryl methyl sites for hydroxylation is 1. The molecule has 2 aromatic rings. The van der Waals surface area contributed by atoms with E-state index in [9.17, 15) is 4.79 Å². The molecule has 20 heavy (non-hydrogen) atoms. The van der Waals surface area contributed by atoms with Crippen LogP contribution in [-0.4, -0.2) is 17.6 Å². The first kappa shape index (κ1) is 13.3. The molecule has 1 unspecified atom stereocenters. The smallest absolute Gasteiger partial charge is 0.174 e. The van der Waals surface area contributed by atoms with Crippen LogP contribution >= 0.6 is 11.8 Å². The van der Waals surface area contributed by atoms with Crippen LogP contribution < -0.4 is 4.74 Å². The van der Waals surface area contributed by atoms with Crippen LogP contribution in [0.2, 0.25) is 0 Å². The maximum atomic E-state index is 12.2. The van der Waals surface area contributed by atoms with E-state index in [1.807, 2.05) is 42.5 Å². The van der Waals surface area contributed by atoms with Crippen LogP contribution in [0.3, 0.4) is 0 Å². The monoisotopic (exact) mass is 284 g/mol. The van der Waals surface area contributed by atoms with Crippen molar-refractivity contribution in [2.45, 2.75) is 23.8 Å². The third-order valence-corrected chi connectivity index (χ3v) is 4.49. The summed E-state index contributed by atoms with van der Waals surface area (Å²) >= 11 is 1.70. The highest BCUT2D eigenvalue weighted by molar-refractivity contribution is 7.99. The van der Waals surface area contributed by atoms with E-state index in [-0.39, 0.29) is 11.9 Å². The number of Topliss-reactive ketones (excluding diaryl/α,β-unsaturated/α-hetero) is 1. The lowest BCUT2D eigenvalue weighted by Crippen LogP contribution is -2.32. The van der Waals surface area contributed by atoms with Crippen molar-refractivity contribution < 1.29 is 9.53 Å². The Morgan fingerprint density at radius 3 is 2.70 bits per heavy atom. The highest BCUT2D eigenvalue weighted by Gasteiger charge is 2.25. The van der Waals surface area contributed by atoms with Crippen molar-refractivity contribution in [2.24, 2.45) is 0 Å². The molecule has 0 amide bonds. The van der Waals surface area contributed by atoms with E-state index in [0.29, 0.717) is 12.2 Å². The van der Waals surface area contributed by atoms with Crippen LogP contribution in [0, 0.1) is 0 Å². The third-order valence-electron chi connectivity index (χ3n) is 3.37. The van der Waals surface area contributed by atoms with Gasteiger partial charge in [0.2, 0.25) is 0 Å². The van der Waals surface area contributed by atoms with Gasteiger partial charge in [0.1, 0.15) is 5.75 Å². The summed E-state index contributed by atoms with van der Waals surface area (Å²) in [5.41, 5.74) is 1.20. The molecule has 1 atom stereocenters. The number of ketones is 1. The number of thioether (sulfide) groups is 1. The van der Waals surface area contributed by atoms with Crippen LogP contribution in [0.15, 0.2) is 59.5 Å². The summed E-state index contributed by atoms with van der Waals surface area (Å²) in [6.07, 6.45) is 1.02. The van der Waals surface area contributed by atoms with Gasteiger partial charge in [0.15, 0.2) is 11.9 Å². The summed E-state index contributed by atoms with van der Waals surface area (Å²) in [4.78, 5) is 13.4. The fraction of sp³-hybridized carbons (Fsp3) is 0.235. The van der Waals surface area contributed by atoms with E-state index in [1.54, 1.807) is 11.8 Å². The first-order chi connectivity index (χ1) is 9.83. The maximum absolute atomic E-state index is 12.2. The Hall–Kier alpha value is -1.74. The number of hydrogen-bond acceptors (Lipinski definition) is 3. The van der Waals surface area contributed by atoms with Crippen molar-refractivity contribution in [1.29, 1.82) is 0 Å². The average molecular weight is 284 g/mol. The molecule has 2 aromatic carbocycles. The van der Waals surface area contributed by atoms with Crippen molar-refractivity contribution in [2.75, 3.05) is 5.75 Å². The lowest BCUT2D eigenvalue weighted by Gasteiger charge is -2.24. The molecule has 0 aromatic heterocycles. The Labute approximate surface area is 123 Å². The Kier molecular flexibility index (Phi) is 4.07. The largest absolute Gasteiger partial charge is 0.481 e. The Morgan fingerprint density at radius 1 is 1.10 bits per heavy atom. The lowest BCUT2D eigenvalue weighted by atomic mass is 10.1. The van der Waals surface area contributed by atoms with E-state index >= 15 is 0 Å². The molecule has 3 rings (SSSR count). The minimum atomic E-state index is -0.307. The van der Waals surface area contributed by atoms with E-state index in [1.165, 1.54) is 5.56 Å². The Bertz CT molecular complexity index is 595. The number of carbonyl (C=O) groups is 1. The molecule has 0 N–H and O–H groups in total. The van der Waals surface area contributed by atoms with E-state index in [2.05, 4.69) is 12.1 Å². The first-order valence-electron chi connectivity index (χ1n) is 6.78. The summed E-state index contributed by atoms with van der Waals surface area (Å²) in [7, 11) is 0. The number of carbonyl (C=O) groups excluding carboxylic acids is 1. The van der Waals surface area contributed by atoms with Gasteiger partial charge in [-0.2, -0.15) is 0 Å². The van der Waals surface area contributed by atoms with Gasteiger partial charge in [-0.15, -0.1) is 11.8 Å². The lowest BCUT2D eigenvalue weighted by molar-refractivity contribution is -0.125. The standard InChI is InChI=1S/C17H16O2S/c18-14(11-10-13-6-2-1-3-7-13)16-12-20-17-9-5-4-8-15(17)19-16/h1-9,16H,10-12H2. The first-order valence-corrected chi connectivity index (χ1v) is 7.76. The minimum Gasteiger partial charge on any atom is -0.481 e. The van der Waals surface area contributed by atoms with Gasteiger partial charge in [-0.25, -0.2) is 0 Å². The number of fused-ring (bicyclic) bond motifs is 1. The molecule has 1 aliphatic heterocycles. The third kappa shape index (κ3) is 3.05. The molecule has 1 heterocycles. The number of ether oxygens (including phenoxy) is 1. The molecule has 0 aliphatic carbocycles. The van der Waals surface area contributed by atoms with Crippen molar-refractivity contribution in [3.63, 3.8) is 0 Å². The molecule has 0 fully saturated rings. The topological polar surface area (TPSA) is 26.3 Å². The molecular weight excluding hydrogens is 268 g/mol. The molecular formula is C17H16O2S. The predicted octanol–water partition coefficient (Wildman–Crippen LogP) is 3.74. The molecule has 0 bridgehead atoms. The van der Waals surface area contributed by atoms with Gasteiger partial charge in [-0.05, 0) is 24.1 Å². The summed E-state index contributed by atoms with van der Waals surface area (Å²) in [5, 5.41) is 0. The van der Waals surface area contributed by atoms with Gasteiger partial charge in [-0.1, -0.05) is 42.5 Å². The van der Waals surface area contributed by atoms with E-state index < -0.39 is 0 Å². The SMILES string of the molecule is O=C(CCc1ccccc1)C1CSc2ccccc2O1. The van der Waals surface area contributed by atoms with Gasteiger partial charge in [0.05, 0.1) is 0 Å². The minimum absolute atomic E-state index is 0.191. The number of benzene rings is 2. The van der Waals surface area contributed by atoms with Crippen molar-refractivity contribution >= 4 is 17.5 Å². The fourth-order valence-corrected chi connectivity index (χ4v) is 3.27. The van der Waals surface area contributed by atoms with Crippen LogP contribution in [0.5, 0.6) is 5.75 Å². The number of hydrogen-bond donors (Lipinski definition) is 0. The van der Waals surface area contributed by atoms with Crippen LogP contribution in [0.4, 0.5) is 0 Å². The fourth-order valence-electron chi connectivity index (χ4n) is 2.25. The second kappa shape index (κ2) is 6.14. The predicted molar refractivity (Wildman–Crippen MR) is 81.4 cm³/mol. The highest BCUT2D eigenvalue weighted by Crippen LogP contribution is 2.35. The molecule has 0 saturated carbocycles. The van der Waals surface area contributed by atoms with Gasteiger partial charge >= 0.3 is 0 Å². The normalized spacial score (nSPS) is 17.1. The summed E-state index contributed by atoms with van der Waals surface area (Å²) in [5.74, 6) is 1.74. The van der Waals surface area contributed by atoms with Crippen molar-refractivity contribution in [1.82, 2.24) is 0 Å². The summed E-state index contributed by atoms with van der Waals surface area (Å²) < 4.78 is 5.81. The number of rotatable bonds is 4. The van der Waals surface area contributed by atoms with E-state index in [0.717, 1.165) is 17.1 Å². The molecule has 0 spiro atoms. The van der Waals surface area contributed by atoms with E-state index in [4.69, 9.17) is 4.74 Å². The van der Waals surface area contributed by atoms with Crippen LogP contribution in [0.1, 0.15) is 12.0 Å². The molecule has 102 valence electrons. The van der Waals surface area contributed by atoms with Crippen LogP contribution in [0.25, 0.3) is 0 Å². The molecule has 1 aliphatic rings. The van der Waals surface area contributed by atoms with Crippen LogP contribution in [-0.2, 0) is 11.2 Å². The quantitative estimate of drug-likeness (QED) is 0.855. The van der Waals surface area contributed by atoms with Crippen molar-refractivity contribution in [3.8, 4) is 5.75 Å². The summed E-state index contributed by atoms with van der Waals surface area (Å²) in [6.45, 7) is 0. The van der Waals surface area contributed by atoms with Gasteiger partial charge in [0.25, 0.3) is 0 Å². The zero-order chi connectivity index (χ0) is 13.8. The van der Waals surface area contributed by atoms with Gasteiger partial charge in [0, 0.05) is 17.1 Å². The second-order valence-corrected chi connectivity index (χ2v) is 5.88. The molecule has 3 heteroatoms. The molecule has 0 radical (unpaired) electrons. The van der Waals surface area contributed by atoms with Gasteiger partial charge in [-0.3, -0.25) is 4.79 Å². The second-order valence-electron chi connectivity index (χ2n) is 4.82. The Morgan fingerprint density at radius 2 is 1.85 bits per heavy atom. The number of para-hydroxylation sites is 1.